The molecule has 4 heteroatoms. The molecule has 3 aliphatic rings. The first kappa shape index (κ1) is 14.0. The molecule has 2 aliphatic heterocycles. The third kappa shape index (κ3) is 3.06. The van der Waals surface area contributed by atoms with Crippen molar-refractivity contribution in [2.24, 2.45) is 0 Å². The first-order valence-corrected chi connectivity index (χ1v) is 9.53. The molecule has 1 spiro atoms. The van der Waals surface area contributed by atoms with E-state index in [0.717, 1.165) is 30.9 Å². The molecule has 3 rings (SSSR count). The first-order valence-electron chi connectivity index (χ1n) is 8.04. The minimum Gasteiger partial charge on any atom is -0.308 e. The summed E-state index contributed by atoms with van der Waals surface area (Å²) in [6.45, 7) is 4.72. The lowest BCUT2D eigenvalue weighted by Gasteiger charge is -2.52. The van der Waals surface area contributed by atoms with E-state index < -0.39 is 10.8 Å². The minimum atomic E-state index is -0.532. The Morgan fingerprint density at radius 2 is 1.84 bits per heavy atom. The molecule has 1 saturated carbocycles. The van der Waals surface area contributed by atoms with Gasteiger partial charge in [0.05, 0.1) is 0 Å². The lowest BCUT2D eigenvalue weighted by molar-refractivity contribution is 0.0278. The van der Waals surface area contributed by atoms with Crippen LogP contribution in [0.3, 0.4) is 0 Å². The summed E-state index contributed by atoms with van der Waals surface area (Å²) < 4.78 is 11.5. The SMILES string of the molecule is CC1CNC2(CCCCC2)CN1C1CCS(=O)CC1. The molecular weight excluding hydrogens is 256 g/mol. The summed E-state index contributed by atoms with van der Waals surface area (Å²) in [6, 6.07) is 1.33. The fraction of sp³-hybridized carbons (Fsp3) is 1.00. The molecule has 110 valence electrons. The predicted molar refractivity (Wildman–Crippen MR) is 80.9 cm³/mol. The van der Waals surface area contributed by atoms with Gasteiger partial charge in [0.15, 0.2) is 0 Å². The minimum absolute atomic E-state index is 0.404. The molecule has 19 heavy (non-hydrogen) atoms. The highest BCUT2D eigenvalue weighted by Crippen LogP contribution is 2.33. The Balaban J connectivity index is 1.67. The van der Waals surface area contributed by atoms with E-state index in [1.807, 2.05) is 0 Å². The second kappa shape index (κ2) is 5.82. The zero-order valence-corrected chi connectivity index (χ0v) is 13.0. The topological polar surface area (TPSA) is 32.3 Å². The van der Waals surface area contributed by atoms with Crippen molar-refractivity contribution in [2.45, 2.75) is 69.5 Å². The van der Waals surface area contributed by atoms with Crippen molar-refractivity contribution in [3.63, 3.8) is 0 Å². The van der Waals surface area contributed by atoms with Crippen molar-refractivity contribution in [1.82, 2.24) is 10.2 Å². The van der Waals surface area contributed by atoms with Gasteiger partial charge in [0.25, 0.3) is 0 Å². The summed E-state index contributed by atoms with van der Waals surface area (Å²) in [7, 11) is -0.532. The lowest BCUT2D eigenvalue weighted by atomic mass is 9.79. The number of nitrogens with zero attached hydrogens (tertiary/aromatic N) is 1. The van der Waals surface area contributed by atoms with Gasteiger partial charge >= 0.3 is 0 Å². The molecule has 1 N–H and O–H groups in total. The highest BCUT2D eigenvalue weighted by Gasteiger charge is 2.41. The third-order valence-electron chi connectivity index (χ3n) is 5.46. The molecule has 1 aliphatic carbocycles. The fourth-order valence-corrected chi connectivity index (χ4v) is 5.48. The number of hydrogen-bond donors (Lipinski definition) is 1. The zero-order chi connectivity index (χ0) is 13.3. The van der Waals surface area contributed by atoms with Crippen LogP contribution in [-0.2, 0) is 10.8 Å². The van der Waals surface area contributed by atoms with Crippen LogP contribution in [0.2, 0.25) is 0 Å². The van der Waals surface area contributed by atoms with Gasteiger partial charge in [-0.1, -0.05) is 19.3 Å². The first-order chi connectivity index (χ1) is 9.19. The van der Waals surface area contributed by atoms with Gasteiger partial charge in [0, 0.05) is 53.0 Å². The average molecular weight is 284 g/mol. The molecule has 1 unspecified atom stereocenters. The van der Waals surface area contributed by atoms with Gasteiger partial charge in [-0.3, -0.25) is 9.11 Å². The van der Waals surface area contributed by atoms with Gasteiger partial charge < -0.3 is 5.32 Å². The monoisotopic (exact) mass is 284 g/mol. The van der Waals surface area contributed by atoms with Crippen molar-refractivity contribution in [1.29, 1.82) is 0 Å². The summed E-state index contributed by atoms with van der Waals surface area (Å²) in [5.41, 5.74) is 0.404. The highest BCUT2D eigenvalue weighted by atomic mass is 32.2. The predicted octanol–water partition coefficient (Wildman–Crippen LogP) is 1.89. The normalized spacial score (nSPS) is 40.4. The maximum Gasteiger partial charge on any atom is 0.0309 e. The molecule has 3 fully saturated rings. The van der Waals surface area contributed by atoms with Gasteiger partial charge in [-0.25, -0.2) is 0 Å². The van der Waals surface area contributed by atoms with Crippen molar-refractivity contribution in [2.75, 3.05) is 24.6 Å². The smallest absolute Gasteiger partial charge is 0.0309 e. The van der Waals surface area contributed by atoms with Crippen LogP contribution < -0.4 is 5.32 Å². The van der Waals surface area contributed by atoms with Crippen LogP contribution in [0.25, 0.3) is 0 Å². The second-order valence-corrected chi connectivity index (χ2v) is 8.52. The molecule has 0 amide bonds. The number of rotatable bonds is 1. The Morgan fingerprint density at radius 3 is 2.53 bits per heavy atom. The largest absolute Gasteiger partial charge is 0.308 e. The van der Waals surface area contributed by atoms with Gasteiger partial charge in [-0.15, -0.1) is 0 Å². The van der Waals surface area contributed by atoms with Crippen molar-refractivity contribution in [3.05, 3.63) is 0 Å². The Bertz CT molecular complexity index is 331. The maximum absolute atomic E-state index is 11.5. The summed E-state index contributed by atoms with van der Waals surface area (Å²) in [4.78, 5) is 2.75. The molecule has 0 bridgehead atoms. The molecule has 2 saturated heterocycles. The van der Waals surface area contributed by atoms with E-state index in [4.69, 9.17) is 0 Å². The van der Waals surface area contributed by atoms with Crippen molar-refractivity contribution < 1.29 is 4.21 Å². The molecule has 0 aromatic heterocycles. The molecule has 0 aromatic rings. The molecule has 2 heterocycles. The van der Waals surface area contributed by atoms with Crippen LogP contribution in [-0.4, -0.2) is 51.3 Å². The third-order valence-corrected chi connectivity index (χ3v) is 6.84. The molecule has 0 aromatic carbocycles. The van der Waals surface area contributed by atoms with E-state index in [1.54, 1.807) is 0 Å². The Hall–Kier alpha value is 0.0700. The number of piperazine rings is 1. The molecule has 3 nitrogen and oxygen atoms in total. The van der Waals surface area contributed by atoms with E-state index in [-0.39, 0.29) is 0 Å². The van der Waals surface area contributed by atoms with E-state index in [2.05, 4.69) is 17.1 Å². The van der Waals surface area contributed by atoms with Crippen molar-refractivity contribution >= 4 is 10.8 Å². The summed E-state index contributed by atoms with van der Waals surface area (Å²) >= 11 is 0. The standard InChI is InChI=1S/C15H28N2OS/c1-13-11-16-15(7-3-2-4-8-15)12-17(13)14-5-9-19(18)10-6-14/h13-14,16H,2-12H2,1H3. The van der Waals surface area contributed by atoms with Gasteiger partial charge in [0.2, 0.25) is 0 Å². The average Bonchev–Trinajstić information content (AvgIpc) is 2.44. The molecule has 1 atom stereocenters. The van der Waals surface area contributed by atoms with E-state index in [0.29, 0.717) is 17.6 Å². The molecule has 0 radical (unpaired) electrons. The summed E-state index contributed by atoms with van der Waals surface area (Å²) in [5.74, 6) is 1.85. The van der Waals surface area contributed by atoms with Crippen molar-refractivity contribution in [3.8, 4) is 0 Å². The van der Waals surface area contributed by atoms with Crippen LogP contribution in [0.4, 0.5) is 0 Å². The maximum atomic E-state index is 11.5. The Morgan fingerprint density at radius 1 is 1.16 bits per heavy atom. The van der Waals surface area contributed by atoms with Gasteiger partial charge in [0.1, 0.15) is 0 Å². The quantitative estimate of drug-likeness (QED) is 0.798. The van der Waals surface area contributed by atoms with Crippen LogP contribution >= 0.6 is 0 Å². The second-order valence-electron chi connectivity index (χ2n) is 6.82. The van der Waals surface area contributed by atoms with Gasteiger partial charge in [-0.2, -0.15) is 0 Å². The summed E-state index contributed by atoms with van der Waals surface area (Å²) in [6.07, 6.45) is 9.21. The lowest BCUT2D eigenvalue weighted by Crippen LogP contribution is -2.66. The van der Waals surface area contributed by atoms with Crippen LogP contribution in [0.1, 0.15) is 51.9 Å². The summed E-state index contributed by atoms with van der Waals surface area (Å²) in [5, 5.41) is 3.86. The Kier molecular flexibility index (Phi) is 4.30. The highest BCUT2D eigenvalue weighted by molar-refractivity contribution is 7.85. The van der Waals surface area contributed by atoms with E-state index in [9.17, 15) is 4.21 Å². The number of nitrogens with one attached hydrogen (secondary N) is 1. The van der Waals surface area contributed by atoms with Crippen LogP contribution in [0, 0.1) is 0 Å². The van der Waals surface area contributed by atoms with Crippen LogP contribution in [0.15, 0.2) is 0 Å². The number of hydrogen-bond acceptors (Lipinski definition) is 3. The van der Waals surface area contributed by atoms with E-state index in [1.165, 1.54) is 38.6 Å². The zero-order valence-electron chi connectivity index (χ0n) is 12.2. The van der Waals surface area contributed by atoms with Gasteiger partial charge in [-0.05, 0) is 32.6 Å². The van der Waals surface area contributed by atoms with E-state index >= 15 is 0 Å². The molecular formula is C15H28N2OS. The Labute approximate surface area is 120 Å². The van der Waals surface area contributed by atoms with Crippen LogP contribution in [0.5, 0.6) is 0 Å². The fourth-order valence-electron chi connectivity index (χ4n) is 4.21.